The fourth-order valence-electron chi connectivity index (χ4n) is 5.24. The number of hydrogen-bond donors (Lipinski definition) is 1. The molecule has 2 aromatic heterocycles. The molecule has 3 atom stereocenters. The first-order chi connectivity index (χ1) is 17.0. The standard InChI is InChI=1S/C28H33N3O4S/c1-18(2)16-28(35-26(33)34)17-22(19-10-12-29-13-11-19)23(24-30-14-15-36-24)31(28)25(32)20-6-8-21(9-7-20)27(3,4)5/h6-15,18,22-23H,16-17H2,1-5H3,(H,33,34)/t22-,23-,28+/m1/s1. The van der Waals surface area contributed by atoms with Gasteiger partial charge in [-0.25, -0.2) is 9.78 Å². The molecule has 0 bridgehead atoms. The van der Waals surface area contributed by atoms with Gasteiger partial charge in [-0.1, -0.05) is 46.8 Å². The minimum Gasteiger partial charge on any atom is -0.450 e. The van der Waals surface area contributed by atoms with Crippen molar-refractivity contribution in [1.29, 1.82) is 0 Å². The Morgan fingerprint density at radius 2 is 1.81 bits per heavy atom. The first kappa shape index (κ1) is 25.8. The number of aromatic nitrogens is 2. The predicted octanol–water partition coefficient (Wildman–Crippen LogP) is 6.64. The third-order valence-electron chi connectivity index (χ3n) is 6.70. The third-order valence-corrected chi connectivity index (χ3v) is 7.54. The molecule has 0 spiro atoms. The van der Waals surface area contributed by atoms with Gasteiger partial charge in [0, 0.05) is 48.3 Å². The second-order valence-corrected chi connectivity index (χ2v) is 11.7. The van der Waals surface area contributed by atoms with Crippen LogP contribution in [0.5, 0.6) is 0 Å². The summed E-state index contributed by atoms with van der Waals surface area (Å²) in [5, 5.41) is 12.5. The van der Waals surface area contributed by atoms with Crippen molar-refractivity contribution in [3.05, 3.63) is 82.1 Å². The molecule has 1 amide bonds. The number of thiazole rings is 1. The molecule has 8 heteroatoms. The van der Waals surface area contributed by atoms with E-state index in [-0.39, 0.29) is 23.2 Å². The van der Waals surface area contributed by atoms with E-state index in [1.807, 2.05) is 55.6 Å². The number of ether oxygens (including phenoxy) is 1. The Morgan fingerprint density at radius 1 is 1.14 bits per heavy atom. The summed E-state index contributed by atoms with van der Waals surface area (Å²) < 4.78 is 5.71. The summed E-state index contributed by atoms with van der Waals surface area (Å²) >= 11 is 1.46. The zero-order valence-corrected chi connectivity index (χ0v) is 22.2. The first-order valence-electron chi connectivity index (χ1n) is 12.2. The number of hydrogen-bond acceptors (Lipinski definition) is 6. The van der Waals surface area contributed by atoms with Gasteiger partial charge in [0.2, 0.25) is 0 Å². The van der Waals surface area contributed by atoms with E-state index in [1.54, 1.807) is 23.5 Å². The van der Waals surface area contributed by atoms with Crippen LogP contribution in [0.2, 0.25) is 0 Å². The normalized spacial score (nSPS) is 22.1. The lowest BCUT2D eigenvalue weighted by Gasteiger charge is -2.40. The highest BCUT2D eigenvalue weighted by Crippen LogP contribution is 2.55. The smallest absolute Gasteiger partial charge is 0.450 e. The number of rotatable bonds is 6. The van der Waals surface area contributed by atoms with Gasteiger partial charge in [0.05, 0.1) is 6.04 Å². The van der Waals surface area contributed by atoms with Crippen molar-refractivity contribution >= 4 is 23.4 Å². The Balaban J connectivity index is 1.89. The highest BCUT2D eigenvalue weighted by Gasteiger charge is 2.58. The van der Waals surface area contributed by atoms with Gasteiger partial charge < -0.3 is 9.84 Å². The van der Waals surface area contributed by atoms with Crippen LogP contribution in [0.4, 0.5) is 4.79 Å². The quantitative estimate of drug-likeness (QED) is 0.376. The van der Waals surface area contributed by atoms with Crippen LogP contribution in [-0.4, -0.2) is 37.8 Å². The van der Waals surface area contributed by atoms with Crippen molar-refractivity contribution in [1.82, 2.24) is 14.9 Å². The number of carboxylic acid groups (broad SMARTS) is 1. The lowest BCUT2D eigenvalue weighted by molar-refractivity contribution is -0.108. The number of benzene rings is 1. The van der Waals surface area contributed by atoms with E-state index in [0.29, 0.717) is 18.4 Å². The molecule has 3 heterocycles. The van der Waals surface area contributed by atoms with Crippen LogP contribution in [-0.2, 0) is 10.2 Å². The summed E-state index contributed by atoms with van der Waals surface area (Å²) in [6.07, 6.45) is 4.44. The second kappa shape index (κ2) is 10.0. The van der Waals surface area contributed by atoms with Crippen molar-refractivity contribution in [3.8, 4) is 0 Å². The molecule has 36 heavy (non-hydrogen) atoms. The largest absolute Gasteiger partial charge is 0.507 e. The molecule has 1 aromatic carbocycles. The summed E-state index contributed by atoms with van der Waals surface area (Å²) in [5.41, 5.74) is 1.16. The maximum Gasteiger partial charge on any atom is 0.507 e. The maximum absolute atomic E-state index is 14.3. The van der Waals surface area contributed by atoms with E-state index in [0.717, 1.165) is 16.1 Å². The zero-order valence-electron chi connectivity index (χ0n) is 21.3. The molecule has 4 rings (SSSR count). The van der Waals surface area contributed by atoms with Gasteiger partial charge in [-0.15, -0.1) is 11.3 Å². The predicted molar refractivity (Wildman–Crippen MR) is 139 cm³/mol. The average Bonchev–Trinajstić information content (AvgIpc) is 3.44. The van der Waals surface area contributed by atoms with Crippen LogP contribution < -0.4 is 0 Å². The van der Waals surface area contributed by atoms with Gasteiger partial charge in [-0.2, -0.15) is 0 Å². The fraction of sp³-hybridized carbons (Fsp3) is 0.429. The summed E-state index contributed by atoms with van der Waals surface area (Å²) in [6, 6.07) is 10.9. The van der Waals surface area contributed by atoms with Crippen molar-refractivity contribution in [2.75, 3.05) is 0 Å². The van der Waals surface area contributed by atoms with Crippen LogP contribution >= 0.6 is 11.3 Å². The number of carbonyl (C=O) groups excluding carboxylic acids is 1. The fourth-order valence-corrected chi connectivity index (χ4v) is 6.03. The van der Waals surface area contributed by atoms with Crippen molar-refractivity contribution in [2.45, 2.75) is 70.6 Å². The Bertz CT molecular complexity index is 1190. The molecule has 0 saturated carbocycles. The van der Waals surface area contributed by atoms with E-state index >= 15 is 0 Å². The molecule has 0 unspecified atom stereocenters. The van der Waals surface area contributed by atoms with Crippen LogP contribution in [0.3, 0.4) is 0 Å². The Kier molecular flexibility index (Phi) is 7.18. The van der Waals surface area contributed by atoms with Crippen LogP contribution in [0.1, 0.15) is 85.9 Å². The summed E-state index contributed by atoms with van der Waals surface area (Å²) in [7, 11) is 0. The van der Waals surface area contributed by atoms with Crippen molar-refractivity contribution in [3.63, 3.8) is 0 Å². The van der Waals surface area contributed by atoms with Crippen LogP contribution in [0.25, 0.3) is 0 Å². The van der Waals surface area contributed by atoms with E-state index in [9.17, 15) is 14.7 Å². The number of nitrogens with zero attached hydrogens (tertiary/aromatic N) is 3. The lowest BCUT2D eigenvalue weighted by atomic mass is 9.86. The molecule has 0 radical (unpaired) electrons. The average molecular weight is 508 g/mol. The lowest BCUT2D eigenvalue weighted by Crippen LogP contribution is -2.52. The van der Waals surface area contributed by atoms with Gasteiger partial charge in [0.15, 0.2) is 5.72 Å². The van der Waals surface area contributed by atoms with Gasteiger partial charge in [0.25, 0.3) is 5.91 Å². The topological polar surface area (TPSA) is 92.6 Å². The zero-order chi connectivity index (χ0) is 26.1. The molecular formula is C28H33N3O4S. The Morgan fingerprint density at radius 3 is 2.33 bits per heavy atom. The Labute approximate surface area is 216 Å². The van der Waals surface area contributed by atoms with E-state index in [2.05, 4.69) is 30.7 Å². The SMILES string of the molecule is CC(C)C[C@]1(OC(=O)O)C[C@H](c2ccncc2)[C@H](c2nccs2)N1C(=O)c1ccc(C(C)(C)C)cc1. The molecule has 0 aliphatic carbocycles. The minimum atomic E-state index is -1.40. The number of amides is 1. The number of carbonyl (C=O) groups is 2. The van der Waals surface area contributed by atoms with Crippen molar-refractivity contribution < 1.29 is 19.4 Å². The summed E-state index contributed by atoms with van der Waals surface area (Å²) in [6.45, 7) is 10.4. The molecular weight excluding hydrogens is 474 g/mol. The highest BCUT2D eigenvalue weighted by atomic mass is 32.1. The monoisotopic (exact) mass is 507 g/mol. The van der Waals surface area contributed by atoms with E-state index < -0.39 is 17.9 Å². The minimum absolute atomic E-state index is 0.0566. The Hall–Kier alpha value is -3.26. The van der Waals surface area contributed by atoms with Gasteiger partial charge in [0.1, 0.15) is 5.01 Å². The van der Waals surface area contributed by atoms with Gasteiger partial charge >= 0.3 is 6.16 Å². The van der Waals surface area contributed by atoms with Crippen molar-refractivity contribution in [2.24, 2.45) is 5.92 Å². The summed E-state index contributed by atoms with van der Waals surface area (Å²) in [4.78, 5) is 36.7. The molecule has 7 nitrogen and oxygen atoms in total. The molecule has 1 aliphatic rings. The molecule has 1 saturated heterocycles. The van der Waals surface area contributed by atoms with Gasteiger partial charge in [-0.3, -0.25) is 14.7 Å². The second-order valence-electron chi connectivity index (χ2n) is 10.8. The molecule has 1 aliphatic heterocycles. The number of pyridine rings is 1. The molecule has 1 N–H and O–H groups in total. The van der Waals surface area contributed by atoms with E-state index in [4.69, 9.17) is 4.74 Å². The first-order valence-corrected chi connectivity index (χ1v) is 13.1. The molecule has 190 valence electrons. The van der Waals surface area contributed by atoms with Gasteiger partial charge in [-0.05, 0) is 46.7 Å². The highest BCUT2D eigenvalue weighted by molar-refractivity contribution is 7.09. The number of likely N-dealkylation sites (tertiary alicyclic amines) is 1. The van der Waals surface area contributed by atoms with Crippen LogP contribution in [0, 0.1) is 5.92 Å². The summed E-state index contributed by atoms with van der Waals surface area (Å²) in [5.74, 6) is -0.403. The molecule has 1 fully saturated rings. The molecule has 3 aromatic rings. The third kappa shape index (κ3) is 5.14. The van der Waals surface area contributed by atoms with Crippen LogP contribution in [0.15, 0.2) is 60.4 Å². The van der Waals surface area contributed by atoms with E-state index in [1.165, 1.54) is 11.3 Å². The maximum atomic E-state index is 14.3.